The van der Waals surface area contributed by atoms with Crippen molar-refractivity contribution in [3.8, 4) is 5.75 Å². The van der Waals surface area contributed by atoms with Crippen LogP contribution in [-0.4, -0.2) is 18.5 Å². The van der Waals surface area contributed by atoms with Crippen molar-refractivity contribution >= 4 is 17.6 Å². The van der Waals surface area contributed by atoms with E-state index in [1.807, 2.05) is 37.3 Å². The fraction of sp³-hybridized carbons (Fsp3) is 0.462. The molecule has 0 aliphatic carbocycles. The van der Waals surface area contributed by atoms with E-state index in [1.165, 1.54) is 0 Å². The summed E-state index contributed by atoms with van der Waals surface area (Å²) in [5.74, 6) is 0.525. The number of benzene rings is 2. The van der Waals surface area contributed by atoms with E-state index in [0.29, 0.717) is 29.5 Å². The van der Waals surface area contributed by atoms with E-state index in [4.69, 9.17) is 9.47 Å². The zero-order chi connectivity index (χ0) is 22.6. The third-order valence-corrected chi connectivity index (χ3v) is 5.09. The van der Waals surface area contributed by atoms with Gasteiger partial charge in [-0.15, -0.1) is 0 Å². The largest absolute Gasteiger partial charge is 0.493 e. The molecule has 0 aliphatic heterocycles. The SMILES string of the molecule is CCCC(CC)C(=O)Nc1cc(OCCC(C)C)cc(C(=O)OCc2ccccc2)c1. The summed E-state index contributed by atoms with van der Waals surface area (Å²) in [7, 11) is 0. The van der Waals surface area contributed by atoms with Crippen molar-refractivity contribution in [1.82, 2.24) is 0 Å². The number of amides is 1. The Kier molecular flexibility index (Phi) is 10.1. The molecule has 0 fully saturated rings. The summed E-state index contributed by atoms with van der Waals surface area (Å²) in [6.07, 6.45) is 3.45. The van der Waals surface area contributed by atoms with Gasteiger partial charge >= 0.3 is 5.97 Å². The lowest BCUT2D eigenvalue weighted by Gasteiger charge is -2.16. The van der Waals surface area contributed by atoms with Gasteiger partial charge in [0.25, 0.3) is 0 Å². The van der Waals surface area contributed by atoms with Gasteiger partial charge in [-0.25, -0.2) is 4.79 Å². The molecule has 31 heavy (non-hydrogen) atoms. The maximum absolute atomic E-state index is 12.7. The highest BCUT2D eigenvalue weighted by Crippen LogP contribution is 2.24. The topological polar surface area (TPSA) is 64.6 Å². The highest BCUT2D eigenvalue weighted by molar-refractivity contribution is 5.96. The summed E-state index contributed by atoms with van der Waals surface area (Å²) in [5, 5.41) is 2.96. The normalized spacial score (nSPS) is 11.8. The summed E-state index contributed by atoms with van der Waals surface area (Å²) >= 11 is 0. The molecule has 0 aromatic heterocycles. The Morgan fingerprint density at radius 1 is 1.00 bits per heavy atom. The maximum atomic E-state index is 12.7. The van der Waals surface area contributed by atoms with Crippen molar-refractivity contribution in [3.05, 3.63) is 59.7 Å². The van der Waals surface area contributed by atoms with Crippen LogP contribution in [0.3, 0.4) is 0 Å². The lowest BCUT2D eigenvalue weighted by atomic mass is 10.00. The first-order chi connectivity index (χ1) is 14.9. The summed E-state index contributed by atoms with van der Waals surface area (Å²) in [6, 6.07) is 14.6. The molecule has 2 aromatic rings. The summed E-state index contributed by atoms with van der Waals surface area (Å²) in [6.45, 7) is 9.07. The van der Waals surface area contributed by atoms with Crippen LogP contribution < -0.4 is 10.1 Å². The van der Waals surface area contributed by atoms with E-state index >= 15 is 0 Å². The third-order valence-electron chi connectivity index (χ3n) is 5.09. The lowest BCUT2D eigenvalue weighted by Crippen LogP contribution is -2.22. The lowest BCUT2D eigenvalue weighted by molar-refractivity contribution is -0.120. The van der Waals surface area contributed by atoms with Crippen molar-refractivity contribution < 1.29 is 19.1 Å². The third kappa shape index (κ3) is 8.44. The summed E-state index contributed by atoms with van der Waals surface area (Å²) < 4.78 is 11.3. The van der Waals surface area contributed by atoms with Gasteiger partial charge in [-0.1, -0.05) is 64.4 Å². The number of carbonyl (C=O) groups excluding carboxylic acids is 2. The number of ether oxygens (including phenoxy) is 2. The predicted octanol–water partition coefficient (Wildman–Crippen LogP) is 6.23. The van der Waals surface area contributed by atoms with Crippen LogP contribution in [0.4, 0.5) is 5.69 Å². The Bertz CT molecular complexity index is 833. The van der Waals surface area contributed by atoms with Crippen molar-refractivity contribution in [1.29, 1.82) is 0 Å². The Balaban J connectivity index is 2.17. The smallest absolute Gasteiger partial charge is 0.338 e. The maximum Gasteiger partial charge on any atom is 0.338 e. The van der Waals surface area contributed by atoms with Crippen LogP contribution in [-0.2, 0) is 16.1 Å². The molecule has 1 unspecified atom stereocenters. The van der Waals surface area contributed by atoms with E-state index in [0.717, 1.165) is 31.2 Å². The second-order valence-corrected chi connectivity index (χ2v) is 8.22. The molecule has 1 atom stereocenters. The zero-order valence-electron chi connectivity index (χ0n) is 19.1. The van der Waals surface area contributed by atoms with E-state index < -0.39 is 5.97 Å². The van der Waals surface area contributed by atoms with Crippen molar-refractivity contribution in [3.63, 3.8) is 0 Å². The first kappa shape index (κ1) is 24.4. The van der Waals surface area contributed by atoms with Gasteiger partial charge in [-0.3, -0.25) is 4.79 Å². The molecular weight excluding hydrogens is 390 g/mol. The number of hydrogen-bond acceptors (Lipinski definition) is 4. The molecule has 5 nitrogen and oxygen atoms in total. The van der Waals surface area contributed by atoms with E-state index in [-0.39, 0.29) is 18.4 Å². The quantitative estimate of drug-likeness (QED) is 0.409. The fourth-order valence-electron chi connectivity index (χ4n) is 3.20. The first-order valence-corrected chi connectivity index (χ1v) is 11.2. The van der Waals surface area contributed by atoms with Gasteiger partial charge in [0.05, 0.1) is 12.2 Å². The van der Waals surface area contributed by atoms with Gasteiger partial charge in [0.2, 0.25) is 5.91 Å². The molecular formula is C26H35NO4. The van der Waals surface area contributed by atoms with Crippen LogP contribution in [0.15, 0.2) is 48.5 Å². The van der Waals surface area contributed by atoms with Gasteiger partial charge in [0.15, 0.2) is 0 Å². The first-order valence-electron chi connectivity index (χ1n) is 11.2. The summed E-state index contributed by atoms with van der Waals surface area (Å²) in [5.41, 5.74) is 1.82. The molecule has 0 saturated heterocycles. The molecule has 1 N–H and O–H groups in total. The van der Waals surface area contributed by atoms with Gasteiger partial charge in [-0.05, 0) is 42.9 Å². The Morgan fingerprint density at radius 3 is 2.39 bits per heavy atom. The van der Waals surface area contributed by atoms with Gasteiger partial charge in [0, 0.05) is 17.7 Å². The molecule has 5 heteroatoms. The Labute approximate surface area is 186 Å². The number of rotatable bonds is 12. The van der Waals surface area contributed by atoms with Crippen LogP contribution in [0, 0.1) is 11.8 Å². The van der Waals surface area contributed by atoms with Crippen molar-refractivity contribution in [2.75, 3.05) is 11.9 Å². The monoisotopic (exact) mass is 425 g/mol. The average Bonchev–Trinajstić information content (AvgIpc) is 2.76. The molecule has 2 rings (SSSR count). The van der Waals surface area contributed by atoms with Crippen molar-refractivity contribution in [2.45, 2.75) is 60.0 Å². The standard InChI is InChI=1S/C26H35NO4/c1-5-10-21(6-2)25(28)27-23-15-22(16-24(17-23)30-14-13-19(3)4)26(29)31-18-20-11-8-7-9-12-20/h7-9,11-12,15-17,19,21H,5-6,10,13-14,18H2,1-4H3,(H,27,28). The van der Waals surface area contributed by atoms with Crippen molar-refractivity contribution in [2.24, 2.45) is 11.8 Å². The predicted molar refractivity (Wildman–Crippen MR) is 124 cm³/mol. The molecule has 0 bridgehead atoms. The second kappa shape index (κ2) is 12.8. The molecule has 1 amide bonds. The van der Waals surface area contributed by atoms with E-state index in [1.54, 1.807) is 18.2 Å². The van der Waals surface area contributed by atoms with E-state index in [9.17, 15) is 9.59 Å². The number of nitrogens with one attached hydrogen (secondary N) is 1. The minimum Gasteiger partial charge on any atom is -0.493 e. The minimum atomic E-state index is -0.450. The Morgan fingerprint density at radius 2 is 1.74 bits per heavy atom. The van der Waals surface area contributed by atoms with Crippen LogP contribution in [0.5, 0.6) is 5.75 Å². The van der Waals surface area contributed by atoms with E-state index in [2.05, 4.69) is 26.1 Å². The average molecular weight is 426 g/mol. The highest BCUT2D eigenvalue weighted by Gasteiger charge is 2.18. The number of hydrogen-bond donors (Lipinski definition) is 1. The van der Waals surface area contributed by atoms with Gasteiger partial charge in [-0.2, -0.15) is 0 Å². The summed E-state index contributed by atoms with van der Waals surface area (Å²) in [4.78, 5) is 25.4. The number of esters is 1. The molecule has 0 aliphatic rings. The van der Waals surface area contributed by atoms with Crippen LogP contribution in [0.25, 0.3) is 0 Å². The van der Waals surface area contributed by atoms with Crippen LogP contribution in [0.1, 0.15) is 69.3 Å². The molecule has 0 saturated carbocycles. The Hall–Kier alpha value is -2.82. The molecule has 0 spiro atoms. The van der Waals surface area contributed by atoms with Gasteiger partial charge in [0.1, 0.15) is 12.4 Å². The van der Waals surface area contributed by atoms with Crippen LogP contribution in [0.2, 0.25) is 0 Å². The molecule has 168 valence electrons. The molecule has 2 aromatic carbocycles. The second-order valence-electron chi connectivity index (χ2n) is 8.22. The number of anilines is 1. The minimum absolute atomic E-state index is 0.0349. The number of carbonyl (C=O) groups is 2. The molecule has 0 heterocycles. The zero-order valence-corrected chi connectivity index (χ0v) is 19.1. The molecule has 0 radical (unpaired) electrons. The van der Waals surface area contributed by atoms with Crippen LogP contribution >= 0.6 is 0 Å². The van der Waals surface area contributed by atoms with Gasteiger partial charge < -0.3 is 14.8 Å². The highest BCUT2D eigenvalue weighted by atomic mass is 16.5. The fourth-order valence-corrected chi connectivity index (χ4v) is 3.20.